The lowest BCUT2D eigenvalue weighted by molar-refractivity contribution is -0.307. The van der Waals surface area contributed by atoms with Gasteiger partial charge in [-0.15, -0.1) is 0 Å². The van der Waals surface area contributed by atoms with Crippen LogP contribution in [0.1, 0.15) is 90.4 Å². The molecule has 3 saturated carbocycles. The van der Waals surface area contributed by atoms with Gasteiger partial charge in [-0.3, -0.25) is 5.26 Å². The van der Waals surface area contributed by atoms with E-state index in [1.165, 1.54) is 70.6 Å². The summed E-state index contributed by atoms with van der Waals surface area (Å²) in [4.78, 5) is 5.07. The van der Waals surface area contributed by atoms with E-state index in [1.54, 1.807) is 0 Å². The number of nitrogens with zero attached hydrogens (tertiary/aromatic N) is 1. The molecule has 0 heterocycles. The Kier molecular flexibility index (Phi) is 7.19. The lowest BCUT2D eigenvalue weighted by Gasteiger charge is -2.41. The summed E-state index contributed by atoms with van der Waals surface area (Å²) >= 11 is 0. The molecular formula is C22H37NO2. The maximum atomic E-state index is 9.59. The Balaban J connectivity index is 1.45. The Hall–Kier alpha value is -0.590. The van der Waals surface area contributed by atoms with Crippen molar-refractivity contribution in [1.82, 2.24) is 0 Å². The van der Waals surface area contributed by atoms with Gasteiger partial charge in [-0.25, -0.2) is 4.89 Å². The van der Waals surface area contributed by atoms with Crippen molar-refractivity contribution in [2.45, 2.75) is 96.5 Å². The molecule has 3 fully saturated rings. The monoisotopic (exact) mass is 347 g/mol. The SMILES string of the molecule is CCC1CCC(C(OO)C2CCC(C3CCC(C#N)CC3)CC2)CC1. The average Bonchev–Trinajstić information content (AvgIpc) is 2.70. The van der Waals surface area contributed by atoms with E-state index >= 15 is 0 Å². The Morgan fingerprint density at radius 3 is 1.76 bits per heavy atom. The van der Waals surface area contributed by atoms with Crippen LogP contribution in [0.4, 0.5) is 0 Å². The molecule has 3 aliphatic carbocycles. The molecule has 1 atom stereocenters. The topological polar surface area (TPSA) is 53.2 Å². The van der Waals surface area contributed by atoms with Gasteiger partial charge in [0, 0.05) is 5.92 Å². The van der Waals surface area contributed by atoms with Crippen molar-refractivity contribution in [3.8, 4) is 6.07 Å². The van der Waals surface area contributed by atoms with Crippen LogP contribution in [0.2, 0.25) is 0 Å². The summed E-state index contributed by atoms with van der Waals surface area (Å²) in [5.41, 5.74) is 0. The molecule has 3 aliphatic rings. The maximum Gasteiger partial charge on any atom is 0.0983 e. The lowest BCUT2D eigenvalue weighted by Crippen LogP contribution is -2.37. The van der Waals surface area contributed by atoms with Gasteiger partial charge in [-0.2, -0.15) is 5.26 Å². The second-order valence-corrected chi connectivity index (χ2v) is 9.17. The van der Waals surface area contributed by atoms with E-state index in [0.29, 0.717) is 17.8 Å². The molecule has 142 valence electrons. The van der Waals surface area contributed by atoms with E-state index < -0.39 is 0 Å². The van der Waals surface area contributed by atoms with Crippen LogP contribution in [0.25, 0.3) is 0 Å². The fraction of sp³-hybridized carbons (Fsp3) is 0.955. The van der Waals surface area contributed by atoms with Gasteiger partial charge < -0.3 is 0 Å². The van der Waals surface area contributed by atoms with Crippen molar-refractivity contribution in [1.29, 1.82) is 5.26 Å². The predicted octanol–water partition coefficient (Wildman–Crippen LogP) is 6.20. The van der Waals surface area contributed by atoms with Gasteiger partial charge >= 0.3 is 0 Å². The minimum absolute atomic E-state index is 0.0769. The number of hydrogen-bond acceptors (Lipinski definition) is 3. The molecule has 0 aliphatic heterocycles. The van der Waals surface area contributed by atoms with Crippen molar-refractivity contribution in [2.75, 3.05) is 0 Å². The highest BCUT2D eigenvalue weighted by Crippen LogP contribution is 2.44. The standard InChI is InChI=1S/C22H37NO2/c1-2-16-3-9-20(10-4-16)22(25-24)21-13-11-19(12-14-21)18-7-5-17(15-23)6-8-18/h16-22,24H,2-14H2,1H3. The quantitative estimate of drug-likeness (QED) is 0.476. The normalized spacial score (nSPS) is 41.0. The second-order valence-electron chi connectivity index (χ2n) is 9.17. The zero-order valence-corrected chi connectivity index (χ0v) is 16.0. The Labute approximate surface area is 154 Å². The van der Waals surface area contributed by atoms with Gasteiger partial charge in [-0.1, -0.05) is 26.2 Å². The van der Waals surface area contributed by atoms with Gasteiger partial charge in [0.05, 0.1) is 12.2 Å². The van der Waals surface area contributed by atoms with Crippen molar-refractivity contribution in [3.63, 3.8) is 0 Å². The Bertz CT molecular complexity index is 422. The average molecular weight is 348 g/mol. The molecule has 25 heavy (non-hydrogen) atoms. The summed E-state index contributed by atoms with van der Waals surface area (Å²) in [6.45, 7) is 2.30. The molecule has 0 bridgehead atoms. The smallest absolute Gasteiger partial charge is 0.0983 e. The third kappa shape index (κ3) is 4.77. The first-order chi connectivity index (χ1) is 12.2. The van der Waals surface area contributed by atoms with Crippen molar-refractivity contribution in [3.05, 3.63) is 0 Å². The summed E-state index contributed by atoms with van der Waals surface area (Å²) < 4.78 is 0. The van der Waals surface area contributed by atoms with E-state index in [-0.39, 0.29) is 6.10 Å². The van der Waals surface area contributed by atoms with Gasteiger partial charge in [0.15, 0.2) is 0 Å². The van der Waals surface area contributed by atoms with Crippen LogP contribution < -0.4 is 0 Å². The van der Waals surface area contributed by atoms with Crippen molar-refractivity contribution < 1.29 is 10.1 Å². The molecule has 3 rings (SSSR count). The number of hydrogen-bond donors (Lipinski definition) is 1. The summed E-state index contributed by atoms with van der Waals surface area (Å²) in [5, 5.41) is 18.7. The summed E-state index contributed by atoms with van der Waals surface area (Å²) in [6, 6.07) is 2.46. The predicted molar refractivity (Wildman–Crippen MR) is 99.7 cm³/mol. The maximum absolute atomic E-state index is 9.59. The molecule has 1 N–H and O–H groups in total. The fourth-order valence-electron chi connectivity index (χ4n) is 6.15. The highest BCUT2D eigenvalue weighted by atomic mass is 17.1. The highest BCUT2D eigenvalue weighted by molar-refractivity contribution is 4.91. The molecule has 0 spiro atoms. The molecule has 0 aromatic heterocycles. The molecule has 3 heteroatoms. The van der Waals surface area contributed by atoms with Crippen LogP contribution in [-0.4, -0.2) is 11.4 Å². The van der Waals surface area contributed by atoms with E-state index in [0.717, 1.165) is 30.6 Å². The molecule has 1 unspecified atom stereocenters. The first-order valence-electron chi connectivity index (χ1n) is 10.9. The largest absolute Gasteiger partial charge is 0.252 e. The molecule has 0 radical (unpaired) electrons. The van der Waals surface area contributed by atoms with Gasteiger partial charge in [0.2, 0.25) is 0 Å². The van der Waals surface area contributed by atoms with Crippen LogP contribution in [0.15, 0.2) is 0 Å². The van der Waals surface area contributed by atoms with Crippen LogP contribution in [-0.2, 0) is 4.89 Å². The summed E-state index contributed by atoms with van der Waals surface area (Å²) in [6.07, 6.45) is 16.3. The molecule has 3 nitrogen and oxygen atoms in total. The van der Waals surface area contributed by atoms with E-state index in [1.807, 2.05) is 0 Å². The van der Waals surface area contributed by atoms with Crippen molar-refractivity contribution >= 4 is 0 Å². The molecule has 0 amide bonds. The summed E-state index contributed by atoms with van der Waals surface area (Å²) in [7, 11) is 0. The number of nitriles is 1. The van der Waals surface area contributed by atoms with Gasteiger partial charge in [-0.05, 0) is 93.8 Å². The van der Waals surface area contributed by atoms with Crippen LogP contribution in [0.5, 0.6) is 0 Å². The van der Waals surface area contributed by atoms with E-state index in [9.17, 15) is 5.26 Å². The Morgan fingerprint density at radius 1 is 0.840 bits per heavy atom. The third-order valence-electron chi connectivity index (χ3n) is 7.96. The lowest BCUT2D eigenvalue weighted by atomic mass is 9.66. The zero-order valence-electron chi connectivity index (χ0n) is 16.0. The third-order valence-corrected chi connectivity index (χ3v) is 7.96. The second kappa shape index (κ2) is 9.38. The van der Waals surface area contributed by atoms with Gasteiger partial charge in [0.1, 0.15) is 0 Å². The van der Waals surface area contributed by atoms with Crippen LogP contribution in [0.3, 0.4) is 0 Å². The molecular weight excluding hydrogens is 310 g/mol. The van der Waals surface area contributed by atoms with Crippen LogP contribution >= 0.6 is 0 Å². The summed E-state index contributed by atoms with van der Waals surface area (Å²) in [5.74, 6) is 4.04. The van der Waals surface area contributed by atoms with E-state index in [4.69, 9.17) is 10.1 Å². The zero-order chi connectivity index (χ0) is 17.6. The van der Waals surface area contributed by atoms with Crippen molar-refractivity contribution in [2.24, 2.45) is 35.5 Å². The van der Waals surface area contributed by atoms with E-state index in [2.05, 4.69) is 13.0 Å². The first-order valence-corrected chi connectivity index (χ1v) is 10.9. The number of rotatable bonds is 5. The molecule has 0 aromatic rings. The first kappa shape index (κ1) is 19.2. The molecule has 0 aromatic carbocycles. The molecule has 0 saturated heterocycles. The highest BCUT2D eigenvalue weighted by Gasteiger charge is 2.37. The van der Waals surface area contributed by atoms with Crippen LogP contribution in [0, 0.1) is 46.8 Å². The Morgan fingerprint density at radius 2 is 1.32 bits per heavy atom. The fourth-order valence-corrected chi connectivity index (χ4v) is 6.15. The minimum atomic E-state index is 0.0769. The minimum Gasteiger partial charge on any atom is -0.252 e. The van der Waals surface area contributed by atoms with Gasteiger partial charge in [0.25, 0.3) is 0 Å².